The average molecular weight is 334 g/mol. The van der Waals surface area contributed by atoms with E-state index in [0.29, 0.717) is 19.2 Å². The Morgan fingerprint density at radius 3 is 2.79 bits per heavy atom. The van der Waals surface area contributed by atoms with Crippen LogP contribution >= 0.6 is 0 Å². The van der Waals surface area contributed by atoms with Gasteiger partial charge in [-0.25, -0.2) is 4.79 Å². The molecule has 1 aromatic heterocycles. The molecule has 0 unspecified atom stereocenters. The van der Waals surface area contributed by atoms with Crippen LogP contribution in [0.3, 0.4) is 0 Å². The number of ether oxygens (including phenoxy) is 1. The zero-order valence-electron chi connectivity index (χ0n) is 15.1. The van der Waals surface area contributed by atoms with E-state index >= 15 is 0 Å². The van der Waals surface area contributed by atoms with Gasteiger partial charge < -0.3 is 19.9 Å². The maximum atomic E-state index is 12.3. The van der Waals surface area contributed by atoms with Gasteiger partial charge in [0.25, 0.3) is 0 Å². The van der Waals surface area contributed by atoms with Crippen molar-refractivity contribution in [2.45, 2.75) is 44.9 Å². The average Bonchev–Trinajstić information content (AvgIpc) is 2.61. The maximum Gasteiger partial charge on any atom is 0.317 e. The molecule has 24 heavy (non-hydrogen) atoms. The Morgan fingerprint density at radius 1 is 1.46 bits per heavy atom. The molecule has 0 spiro atoms. The normalized spacial score (nSPS) is 17.1. The van der Waals surface area contributed by atoms with Crippen LogP contribution in [-0.4, -0.2) is 66.7 Å². The van der Waals surface area contributed by atoms with E-state index in [2.05, 4.69) is 22.1 Å². The summed E-state index contributed by atoms with van der Waals surface area (Å²) < 4.78 is 5.94. The van der Waals surface area contributed by atoms with Crippen LogP contribution in [0.1, 0.15) is 31.7 Å². The van der Waals surface area contributed by atoms with Gasteiger partial charge in [-0.2, -0.15) is 0 Å². The molecule has 0 aliphatic carbocycles. The Bertz CT molecular complexity index is 487. The predicted molar refractivity (Wildman–Crippen MR) is 94.8 cm³/mol. The lowest BCUT2D eigenvalue weighted by Gasteiger charge is -2.33. The van der Waals surface area contributed by atoms with Crippen LogP contribution in [0.4, 0.5) is 4.79 Å². The molecule has 6 nitrogen and oxygen atoms in total. The van der Waals surface area contributed by atoms with Crippen molar-refractivity contribution in [1.82, 2.24) is 20.1 Å². The Balaban J connectivity index is 1.67. The van der Waals surface area contributed by atoms with Crippen molar-refractivity contribution in [3.8, 4) is 0 Å². The van der Waals surface area contributed by atoms with Crippen LogP contribution in [0.5, 0.6) is 0 Å². The van der Waals surface area contributed by atoms with E-state index in [4.69, 9.17) is 4.74 Å². The van der Waals surface area contributed by atoms with Crippen molar-refractivity contribution >= 4 is 6.03 Å². The molecular weight excluding hydrogens is 304 g/mol. The number of carbonyl (C=O) groups is 1. The second-order valence-electron chi connectivity index (χ2n) is 6.57. The van der Waals surface area contributed by atoms with Crippen molar-refractivity contribution < 1.29 is 9.53 Å². The van der Waals surface area contributed by atoms with E-state index in [1.165, 1.54) is 0 Å². The number of hydrogen-bond acceptors (Lipinski definition) is 4. The van der Waals surface area contributed by atoms with Crippen molar-refractivity contribution in [3.05, 3.63) is 30.1 Å². The fraction of sp³-hybridized carbons (Fsp3) is 0.667. The predicted octanol–water partition coefficient (Wildman–Crippen LogP) is 2.11. The van der Waals surface area contributed by atoms with Crippen LogP contribution < -0.4 is 5.32 Å². The zero-order chi connectivity index (χ0) is 17.4. The number of rotatable bonds is 7. The van der Waals surface area contributed by atoms with Gasteiger partial charge in [-0.1, -0.05) is 13.0 Å². The number of likely N-dealkylation sites (tertiary alicyclic amines) is 1. The molecule has 1 aliphatic heterocycles. The van der Waals surface area contributed by atoms with Gasteiger partial charge >= 0.3 is 6.03 Å². The topological polar surface area (TPSA) is 57.7 Å². The minimum absolute atomic E-state index is 0.0426. The molecule has 0 radical (unpaired) electrons. The van der Waals surface area contributed by atoms with Crippen LogP contribution in [0, 0.1) is 0 Å². The molecule has 2 rings (SSSR count). The van der Waals surface area contributed by atoms with Gasteiger partial charge in [-0.05, 0) is 45.0 Å². The maximum absolute atomic E-state index is 12.3. The number of nitrogens with zero attached hydrogens (tertiary/aromatic N) is 3. The summed E-state index contributed by atoms with van der Waals surface area (Å²) in [5.74, 6) is 0. The first-order valence-electron chi connectivity index (χ1n) is 8.79. The summed E-state index contributed by atoms with van der Waals surface area (Å²) in [5.41, 5.74) is 1.09. The summed E-state index contributed by atoms with van der Waals surface area (Å²) in [6, 6.07) is 4.36. The molecule has 1 N–H and O–H groups in total. The number of carbonyl (C=O) groups excluding carboxylic acids is 1. The summed E-state index contributed by atoms with van der Waals surface area (Å²) >= 11 is 0. The summed E-state index contributed by atoms with van der Waals surface area (Å²) in [5, 5.41) is 3.05. The van der Waals surface area contributed by atoms with Gasteiger partial charge in [0.2, 0.25) is 0 Å². The van der Waals surface area contributed by atoms with Crippen molar-refractivity contribution in [3.63, 3.8) is 0 Å². The SMILES string of the molecule is CC[C@@H](CNC(=O)N1CCC(OCc2cccnc2)CC1)N(C)C. The smallest absolute Gasteiger partial charge is 0.317 e. The standard InChI is InChI=1S/C18H30N4O2/c1-4-16(21(2)3)13-20-18(23)22-10-7-17(8-11-22)24-14-15-6-5-9-19-12-15/h5-6,9,12,16-17H,4,7-8,10-11,13-14H2,1-3H3,(H,20,23)/t16-/m0/s1. The Labute approximate surface area is 145 Å². The first-order chi connectivity index (χ1) is 11.6. The van der Waals surface area contributed by atoms with Gasteiger partial charge in [0.15, 0.2) is 0 Å². The molecule has 2 amide bonds. The monoisotopic (exact) mass is 334 g/mol. The second-order valence-corrected chi connectivity index (χ2v) is 6.57. The van der Waals surface area contributed by atoms with E-state index in [1.807, 2.05) is 37.3 Å². The number of piperidine rings is 1. The highest BCUT2D eigenvalue weighted by Crippen LogP contribution is 2.15. The molecule has 0 bridgehead atoms. The van der Waals surface area contributed by atoms with Crippen molar-refractivity contribution in [1.29, 1.82) is 0 Å². The van der Waals surface area contributed by atoms with Crippen molar-refractivity contribution in [2.75, 3.05) is 33.7 Å². The van der Waals surface area contributed by atoms with Gasteiger partial charge in [0, 0.05) is 38.1 Å². The second kappa shape index (κ2) is 9.59. The minimum Gasteiger partial charge on any atom is -0.373 e. The zero-order valence-corrected chi connectivity index (χ0v) is 15.1. The molecule has 0 saturated carbocycles. The Hall–Kier alpha value is -1.66. The summed E-state index contributed by atoms with van der Waals surface area (Å²) in [7, 11) is 4.09. The molecule has 134 valence electrons. The van der Waals surface area contributed by atoms with Crippen LogP contribution in [0.15, 0.2) is 24.5 Å². The van der Waals surface area contributed by atoms with E-state index in [9.17, 15) is 4.79 Å². The molecule has 1 atom stereocenters. The number of nitrogens with one attached hydrogen (secondary N) is 1. The fourth-order valence-corrected chi connectivity index (χ4v) is 2.93. The van der Waals surface area contributed by atoms with Crippen LogP contribution in [-0.2, 0) is 11.3 Å². The third-order valence-corrected chi connectivity index (χ3v) is 4.63. The molecule has 0 aromatic carbocycles. The number of amides is 2. The third-order valence-electron chi connectivity index (χ3n) is 4.63. The van der Waals surface area contributed by atoms with Gasteiger partial charge in [-0.3, -0.25) is 4.98 Å². The lowest BCUT2D eigenvalue weighted by Crippen LogP contribution is -2.49. The third kappa shape index (κ3) is 5.76. The summed E-state index contributed by atoms with van der Waals surface area (Å²) in [6.45, 7) is 4.93. The van der Waals surface area contributed by atoms with Gasteiger partial charge in [0.05, 0.1) is 12.7 Å². The first kappa shape index (κ1) is 18.7. The van der Waals surface area contributed by atoms with E-state index < -0.39 is 0 Å². The highest BCUT2D eigenvalue weighted by Gasteiger charge is 2.23. The van der Waals surface area contributed by atoms with Crippen molar-refractivity contribution in [2.24, 2.45) is 0 Å². The number of hydrogen-bond donors (Lipinski definition) is 1. The number of pyridine rings is 1. The van der Waals surface area contributed by atoms with E-state index in [1.54, 1.807) is 6.20 Å². The number of urea groups is 1. The molecule has 1 saturated heterocycles. The highest BCUT2D eigenvalue weighted by atomic mass is 16.5. The summed E-state index contributed by atoms with van der Waals surface area (Å²) in [6.07, 6.45) is 6.62. The van der Waals surface area contributed by atoms with Gasteiger partial charge in [-0.15, -0.1) is 0 Å². The molecule has 6 heteroatoms. The van der Waals surface area contributed by atoms with Crippen LogP contribution in [0.25, 0.3) is 0 Å². The fourth-order valence-electron chi connectivity index (χ4n) is 2.93. The lowest BCUT2D eigenvalue weighted by atomic mass is 10.1. The van der Waals surface area contributed by atoms with Crippen LogP contribution in [0.2, 0.25) is 0 Å². The van der Waals surface area contributed by atoms with E-state index in [0.717, 1.165) is 37.9 Å². The largest absolute Gasteiger partial charge is 0.373 e. The molecular formula is C18H30N4O2. The Kier molecular flexibility index (Phi) is 7.46. The highest BCUT2D eigenvalue weighted by molar-refractivity contribution is 5.74. The lowest BCUT2D eigenvalue weighted by molar-refractivity contribution is 0.00428. The molecule has 2 heterocycles. The number of likely N-dealkylation sites (N-methyl/N-ethyl adjacent to an activating group) is 1. The molecule has 1 fully saturated rings. The minimum atomic E-state index is 0.0426. The first-order valence-corrected chi connectivity index (χ1v) is 8.79. The molecule has 1 aromatic rings. The Morgan fingerprint density at radius 2 is 2.21 bits per heavy atom. The van der Waals surface area contributed by atoms with E-state index in [-0.39, 0.29) is 12.1 Å². The summed E-state index contributed by atoms with van der Waals surface area (Å²) in [4.78, 5) is 20.4. The molecule has 1 aliphatic rings. The quantitative estimate of drug-likeness (QED) is 0.830. The van der Waals surface area contributed by atoms with Gasteiger partial charge in [0.1, 0.15) is 0 Å². The number of aromatic nitrogens is 1.